The van der Waals surface area contributed by atoms with E-state index in [1.807, 2.05) is 16.8 Å². The smallest absolute Gasteiger partial charge is 0.258 e. The van der Waals surface area contributed by atoms with E-state index in [2.05, 4.69) is 27.4 Å². The first-order valence-corrected chi connectivity index (χ1v) is 7.52. The van der Waals surface area contributed by atoms with Crippen LogP contribution in [0.4, 0.5) is 0 Å². The predicted octanol–water partition coefficient (Wildman–Crippen LogP) is 1.98. The molecule has 1 unspecified atom stereocenters. The molecule has 0 bridgehead atoms. The summed E-state index contributed by atoms with van der Waals surface area (Å²) < 4.78 is 5.28. The molecule has 3 heterocycles. The number of hydrogen-bond donors (Lipinski definition) is 1. The van der Waals surface area contributed by atoms with Crippen molar-refractivity contribution in [3.63, 3.8) is 0 Å². The molecule has 2 aromatic rings. The van der Waals surface area contributed by atoms with Crippen molar-refractivity contribution in [2.24, 2.45) is 0 Å². The minimum absolute atomic E-state index is 0.605. The molecular formula is C13H18N4OS. The lowest BCUT2D eigenvalue weighted by molar-refractivity contribution is 0.281. The van der Waals surface area contributed by atoms with Crippen molar-refractivity contribution in [1.82, 2.24) is 20.4 Å². The second-order valence-electron chi connectivity index (χ2n) is 5.02. The zero-order valence-corrected chi connectivity index (χ0v) is 11.8. The van der Waals surface area contributed by atoms with Crippen LogP contribution in [0.1, 0.15) is 18.7 Å². The maximum atomic E-state index is 5.28. The highest BCUT2D eigenvalue weighted by atomic mass is 32.1. The van der Waals surface area contributed by atoms with Gasteiger partial charge in [0.2, 0.25) is 0 Å². The van der Waals surface area contributed by atoms with Crippen LogP contribution in [0.2, 0.25) is 0 Å². The fourth-order valence-electron chi connectivity index (χ4n) is 2.42. The van der Waals surface area contributed by atoms with Crippen molar-refractivity contribution < 1.29 is 4.52 Å². The summed E-state index contributed by atoms with van der Waals surface area (Å²) in [6, 6.07) is 2.60. The van der Waals surface area contributed by atoms with Gasteiger partial charge in [-0.1, -0.05) is 5.16 Å². The number of rotatable bonds is 5. The van der Waals surface area contributed by atoms with Gasteiger partial charge in [0.15, 0.2) is 5.82 Å². The third-order valence-corrected chi connectivity index (χ3v) is 4.03. The summed E-state index contributed by atoms with van der Waals surface area (Å²) in [7, 11) is 2.10. The molecule has 1 atom stereocenters. The second-order valence-corrected chi connectivity index (χ2v) is 5.80. The largest absolute Gasteiger partial charge is 0.334 e. The van der Waals surface area contributed by atoms with Crippen LogP contribution in [0.25, 0.3) is 11.5 Å². The molecule has 6 heteroatoms. The first kappa shape index (κ1) is 12.8. The average molecular weight is 278 g/mol. The van der Waals surface area contributed by atoms with Gasteiger partial charge >= 0.3 is 0 Å². The van der Waals surface area contributed by atoms with Crippen molar-refractivity contribution in [3.05, 3.63) is 22.7 Å². The molecule has 0 aromatic carbocycles. The number of nitrogens with zero attached hydrogens (tertiary/aromatic N) is 3. The molecule has 1 saturated heterocycles. The van der Waals surface area contributed by atoms with Gasteiger partial charge in [-0.3, -0.25) is 4.90 Å². The van der Waals surface area contributed by atoms with E-state index in [9.17, 15) is 0 Å². The topological polar surface area (TPSA) is 54.2 Å². The van der Waals surface area contributed by atoms with Crippen molar-refractivity contribution in [2.75, 3.05) is 20.1 Å². The number of hydrogen-bond acceptors (Lipinski definition) is 6. The summed E-state index contributed by atoms with van der Waals surface area (Å²) in [5, 5.41) is 11.6. The third kappa shape index (κ3) is 3.20. The van der Waals surface area contributed by atoms with Gasteiger partial charge in [0.05, 0.1) is 12.1 Å². The minimum atomic E-state index is 0.605. The van der Waals surface area contributed by atoms with E-state index >= 15 is 0 Å². The van der Waals surface area contributed by atoms with Crippen molar-refractivity contribution in [2.45, 2.75) is 25.4 Å². The molecule has 0 amide bonds. The number of likely N-dealkylation sites (N-methyl/N-ethyl adjacent to an activating group) is 1. The van der Waals surface area contributed by atoms with Crippen LogP contribution >= 0.6 is 11.3 Å². The Kier molecular flexibility index (Phi) is 3.91. The maximum absolute atomic E-state index is 5.28. The SMILES string of the molecule is CN(Cc1noc(-c2ccsc2)n1)CC1CCCN1. The zero-order valence-electron chi connectivity index (χ0n) is 11.0. The van der Waals surface area contributed by atoms with Crippen LogP contribution in [0, 0.1) is 0 Å². The van der Waals surface area contributed by atoms with Gasteiger partial charge in [-0.2, -0.15) is 16.3 Å². The van der Waals surface area contributed by atoms with Crippen LogP contribution in [-0.2, 0) is 6.54 Å². The third-order valence-electron chi connectivity index (χ3n) is 3.34. The molecule has 1 aliphatic heterocycles. The van der Waals surface area contributed by atoms with Gasteiger partial charge in [0.1, 0.15) is 0 Å². The van der Waals surface area contributed by atoms with Crippen LogP contribution in [0.3, 0.4) is 0 Å². The summed E-state index contributed by atoms with van der Waals surface area (Å²) in [6.07, 6.45) is 2.54. The summed E-state index contributed by atoms with van der Waals surface area (Å²) in [6.45, 7) is 2.90. The van der Waals surface area contributed by atoms with Gasteiger partial charge in [-0.05, 0) is 37.9 Å². The second kappa shape index (κ2) is 5.81. The standard InChI is InChI=1S/C13H18N4OS/c1-17(7-11-3-2-5-14-11)8-12-15-13(18-16-12)10-4-6-19-9-10/h4,6,9,11,14H,2-3,5,7-8H2,1H3. The quantitative estimate of drug-likeness (QED) is 0.906. The lowest BCUT2D eigenvalue weighted by atomic mass is 10.2. The van der Waals surface area contributed by atoms with Gasteiger partial charge in [0.25, 0.3) is 5.89 Å². The Bertz CT molecular complexity index is 504. The summed E-state index contributed by atoms with van der Waals surface area (Å²) >= 11 is 1.63. The Balaban J connectivity index is 1.57. The van der Waals surface area contributed by atoms with Gasteiger partial charge < -0.3 is 9.84 Å². The van der Waals surface area contributed by atoms with E-state index in [0.717, 1.165) is 31.0 Å². The highest BCUT2D eigenvalue weighted by Crippen LogP contribution is 2.20. The highest BCUT2D eigenvalue weighted by molar-refractivity contribution is 7.08. The number of aromatic nitrogens is 2. The predicted molar refractivity (Wildman–Crippen MR) is 75.0 cm³/mol. The Labute approximate surface area is 116 Å². The Morgan fingerprint density at radius 1 is 1.58 bits per heavy atom. The molecule has 1 N–H and O–H groups in total. The number of nitrogens with one attached hydrogen (secondary N) is 1. The minimum Gasteiger partial charge on any atom is -0.334 e. The van der Waals surface area contributed by atoms with Crippen molar-refractivity contribution in [3.8, 4) is 11.5 Å². The lowest BCUT2D eigenvalue weighted by Gasteiger charge is -2.19. The summed E-state index contributed by atoms with van der Waals surface area (Å²) in [5.74, 6) is 1.37. The molecule has 0 aliphatic carbocycles. The van der Waals surface area contributed by atoms with Gasteiger partial charge in [-0.25, -0.2) is 0 Å². The fourth-order valence-corrected chi connectivity index (χ4v) is 3.05. The molecule has 0 saturated carbocycles. The molecule has 2 aromatic heterocycles. The Morgan fingerprint density at radius 3 is 3.26 bits per heavy atom. The summed E-state index contributed by atoms with van der Waals surface area (Å²) in [5.41, 5.74) is 1.00. The molecular weight excluding hydrogens is 260 g/mol. The van der Waals surface area contributed by atoms with Crippen LogP contribution in [-0.4, -0.2) is 41.2 Å². The Morgan fingerprint density at radius 2 is 2.53 bits per heavy atom. The molecule has 3 rings (SSSR count). The summed E-state index contributed by atoms with van der Waals surface area (Å²) in [4.78, 5) is 6.68. The molecule has 0 radical (unpaired) electrons. The number of thiophene rings is 1. The van der Waals surface area contributed by atoms with Crippen LogP contribution in [0.15, 0.2) is 21.3 Å². The van der Waals surface area contributed by atoms with Crippen LogP contribution in [0.5, 0.6) is 0 Å². The van der Waals surface area contributed by atoms with Gasteiger partial charge in [0, 0.05) is 18.0 Å². The molecule has 1 fully saturated rings. The first-order chi connectivity index (χ1) is 9.31. The molecule has 102 valence electrons. The van der Waals surface area contributed by atoms with Crippen molar-refractivity contribution in [1.29, 1.82) is 0 Å². The lowest BCUT2D eigenvalue weighted by Crippen LogP contribution is -2.35. The fraction of sp³-hybridized carbons (Fsp3) is 0.538. The van der Waals surface area contributed by atoms with E-state index < -0.39 is 0 Å². The first-order valence-electron chi connectivity index (χ1n) is 6.58. The molecule has 5 nitrogen and oxygen atoms in total. The zero-order chi connectivity index (χ0) is 13.1. The van der Waals surface area contributed by atoms with E-state index in [1.54, 1.807) is 11.3 Å². The maximum Gasteiger partial charge on any atom is 0.258 e. The van der Waals surface area contributed by atoms with E-state index in [-0.39, 0.29) is 0 Å². The molecule has 19 heavy (non-hydrogen) atoms. The van der Waals surface area contributed by atoms with E-state index in [0.29, 0.717) is 11.9 Å². The van der Waals surface area contributed by atoms with Crippen molar-refractivity contribution >= 4 is 11.3 Å². The van der Waals surface area contributed by atoms with E-state index in [4.69, 9.17) is 4.52 Å². The average Bonchev–Trinajstić information content (AvgIpc) is 3.09. The molecule has 1 aliphatic rings. The highest BCUT2D eigenvalue weighted by Gasteiger charge is 2.17. The van der Waals surface area contributed by atoms with Crippen LogP contribution < -0.4 is 5.32 Å². The Hall–Kier alpha value is -1.24. The van der Waals surface area contributed by atoms with E-state index in [1.165, 1.54) is 12.8 Å². The monoisotopic (exact) mass is 278 g/mol. The normalized spacial score (nSPS) is 19.4. The van der Waals surface area contributed by atoms with Gasteiger partial charge in [-0.15, -0.1) is 0 Å². The molecule has 0 spiro atoms.